The molecule has 2 saturated heterocycles. The van der Waals surface area contributed by atoms with Gasteiger partial charge in [0.1, 0.15) is 11.7 Å². The van der Waals surface area contributed by atoms with Crippen molar-refractivity contribution in [2.75, 3.05) is 13.6 Å². The number of likely N-dealkylation sites (tertiary alicyclic amines) is 1. The molecule has 8 heteroatoms. The number of alkyl halides is 4. The zero-order valence-corrected chi connectivity index (χ0v) is 15.1. The molecule has 1 spiro atoms. The summed E-state index contributed by atoms with van der Waals surface area (Å²) in [4.78, 5) is 18.3. The predicted octanol–water partition coefficient (Wildman–Crippen LogP) is 3.74. The molecule has 4 rings (SSSR count). The van der Waals surface area contributed by atoms with Crippen LogP contribution in [0.4, 0.5) is 17.6 Å². The van der Waals surface area contributed by atoms with Gasteiger partial charge in [0, 0.05) is 26.2 Å². The second-order valence-electron chi connectivity index (χ2n) is 7.45. The van der Waals surface area contributed by atoms with Crippen molar-refractivity contribution >= 4 is 5.91 Å². The lowest BCUT2D eigenvalue weighted by atomic mass is 9.95. The van der Waals surface area contributed by atoms with Gasteiger partial charge in [-0.05, 0) is 41.8 Å². The third-order valence-corrected chi connectivity index (χ3v) is 5.61. The summed E-state index contributed by atoms with van der Waals surface area (Å²) in [6, 6.07) is 7.40. The first-order valence-electron chi connectivity index (χ1n) is 9.00. The predicted molar refractivity (Wildman–Crippen MR) is 95.0 cm³/mol. The number of carbonyl (C=O) groups excluding carboxylic acids is 1. The summed E-state index contributed by atoms with van der Waals surface area (Å²) in [5, 5.41) is 3.14. The van der Waals surface area contributed by atoms with Crippen LogP contribution < -0.4 is 5.32 Å². The minimum atomic E-state index is -4.40. The Morgan fingerprint density at radius 1 is 1.18 bits per heavy atom. The van der Waals surface area contributed by atoms with E-state index in [1.807, 2.05) is 0 Å². The average molecular weight is 393 g/mol. The van der Waals surface area contributed by atoms with Crippen molar-refractivity contribution in [2.24, 2.45) is 0 Å². The van der Waals surface area contributed by atoms with Gasteiger partial charge in [-0.15, -0.1) is 0 Å². The van der Waals surface area contributed by atoms with Crippen LogP contribution in [0.25, 0.3) is 11.1 Å². The van der Waals surface area contributed by atoms with E-state index in [0.29, 0.717) is 29.8 Å². The largest absolute Gasteiger partial charge is 0.416 e. The number of rotatable bonds is 2. The van der Waals surface area contributed by atoms with Crippen LogP contribution in [0.2, 0.25) is 0 Å². The first-order chi connectivity index (χ1) is 13.2. The maximum Gasteiger partial charge on any atom is 0.416 e. The normalized spacial score (nSPS) is 27.8. The lowest BCUT2D eigenvalue weighted by molar-refractivity contribution is -0.137. The average Bonchev–Trinajstić information content (AvgIpc) is 3.15. The van der Waals surface area contributed by atoms with E-state index in [-0.39, 0.29) is 12.3 Å². The first-order valence-corrected chi connectivity index (χ1v) is 9.00. The molecule has 2 aliphatic heterocycles. The van der Waals surface area contributed by atoms with E-state index in [1.54, 1.807) is 24.1 Å². The fourth-order valence-electron chi connectivity index (χ4n) is 4.06. The minimum absolute atomic E-state index is 0.0903. The molecule has 3 atom stereocenters. The van der Waals surface area contributed by atoms with Gasteiger partial charge in [-0.2, -0.15) is 13.2 Å². The van der Waals surface area contributed by atoms with Crippen molar-refractivity contribution in [3.63, 3.8) is 0 Å². The summed E-state index contributed by atoms with van der Waals surface area (Å²) in [7, 11) is 1.70. The van der Waals surface area contributed by atoms with Crippen LogP contribution in [-0.4, -0.2) is 41.1 Å². The number of likely N-dealkylation sites (N-methyl/N-ethyl adjacent to an activating group) is 1. The van der Waals surface area contributed by atoms with E-state index in [0.717, 1.165) is 12.1 Å². The highest BCUT2D eigenvalue weighted by molar-refractivity contribution is 5.89. The summed E-state index contributed by atoms with van der Waals surface area (Å²) >= 11 is 0. The maximum atomic E-state index is 14.8. The quantitative estimate of drug-likeness (QED) is 0.791. The number of hydrogen-bond acceptors (Lipinski definition) is 3. The van der Waals surface area contributed by atoms with Gasteiger partial charge in [-0.1, -0.05) is 12.1 Å². The van der Waals surface area contributed by atoms with Gasteiger partial charge in [-0.3, -0.25) is 15.1 Å². The molecule has 3 heterocycles. The minimum Gasteiger partial charge on any atom is -0.344 e. The molecule has 0 radical (unpaired) electrons. The molecule has 4 nitrogen and oxygen atoms in total. The first kappa shape index (κ1) is 18.9. The summed E-state index contributed by atoms with van der Waals surface area (Å²) in [5.41, 5.74) is 0.0342. The Labute approximate surface area is 159 Å². The molecule has 0 aliphatic carbocycles. The number of pyridine rings is 1. The Morgan fingerprint density at radius 2 is 1.89 bits per heavy atom. The molecule has 0 bridgehead atoms. The molecule has 2 aliphatic rings. The highest BCUT2D eigenvalue weighted by Crippen LogP contribution is 2.41. The Balaban J connectivity index is 1.60. The van der Waals surface area contributed by atoms with Crippen LogP contribution in [0, 0.1) is 0 Å². The molecular formula is C20H19F4N3O. The lowest BCUT2D eigenvalue weighted by Gasteiger charge is -2.22. The monoisotopic (exact) mass is 393 g/mol. The zero-order valence-electron chi connectivity index (χ0n) is 15.1. The molecule has 2 fully saturated rings. The van der Waals surface area contributed by atoms with Crippen LogP contribution in [0.5, 0.6) is 0 Å². The summed E-state index contributed by atoms with van der Waals surface area (Å²) in [6.07, 6.45) is -3.53. The van der Waals surface area contributed by atoms with Crippen LogP contribution in [0.1, 0.15) is 30.1 Å². The SMILES string of the molecule is CN1CC[C@@]2(C[C@@H](F)[C@H](c3cc(-c4ccc(C(F)(F)F)cc4)ccn3)N2)C1=O. The van der Waals surface area contributed by atoms with E-state index in [1.165, 1.54) is 18.3 Å². The number of nitrogens with one attached hydrogen (secondary N) is 1. The van der Waals surface area contributed by atoms with Crippen molar-refractivity contribution < 1.29 is 22.4 Å². The molecular weight excluding hydrogens is 374 g/mol. The van der Waals surface area contributed by atoms with Crippen LogP contribution in [-0.2, 0) is 11.0 Å². The molecule has 1 amide bonds. The fourth-order valence-corrected chi connectivity index (χ4v) is 4.06. The summed E-state index contributed by atoms with van der Waals surface area (Å²) in [5.74, 6) is -0.114. The summed E-state index contributed by atoms with van der Waals surface area (Å²) in [6.45, 7) is 0.574. The standard InChI is InChI=1S/C20H19F4N3O/c1-27-9-7-19(18(27)28)11-15(21)17(26-19)16-10-13(6-8-25-16)12-2-4-14(5-3-12)20(22,23)24/h2-6,8,10,15,17,26H,7,9,11H2,1H3/t15-,17-,19-/m1/s1. The number of benzene rings is 1. The molecule has 1 N–H and O–H groups in total. The molecule has 0 unspecified atom stereocenters. The van der Waals surface area contributed by atoms with Gasteiger partial charge in [0.25, 0.3) is 0 Å². The molecule has 148 valence electrons. The Hall–Kier alpha value is -2.48. The van der Waals surface area contributed by atoms with Gasteiger partial charge >= 0.3 is 6.18 Å². The van der Waals surface area contributed by atoms with Crippen molar-refractivity contribution in [1.29, 1.82) is 0 Å². The van der Waals surface area contributed by atoms with E-state index >= 15 is 0 Å². The number of aromatic nitrogens is 1. The Kier molecular flexibility index (Phi) is 4.41. The second-order valence-corrected chi connectivity index (χ2v) is 7.45. The fraction of sp³-hybridized carbons (Fsp3) is 0.400. The van der Waals surface area contributed by atoms with E-state index in [9.17, 15) is 22.4 Å². The molecule has 1 aromatic carbocycles. The molecule has 1 aromatic heterocycles. The smallest absolute Gasteiger partial charge is 0.344 e. The van der Waals surface area contributed by atoms with E-state index in [2.05, 4.69) is 10.3 Å². The van der Waals surface area contributed by atoms with Crippen LogP contribution in [0.15, 0.2) is 42.6 Å². The van der Waals surface area contributed by atoms with Gasteiger partial charge in [-0.25, -0.2) is 4.39 Å². The van der Waals surface area contributed by atoms with Gasteiger partial charge < -0.3 is 4.90 Å². The Morgan fingerprint density at radius 3 is 2.50 bits per heavy atom. The number of halogens is 4. The van der Waals surface area contributed by atoms with Crippen LogP contribution >= 0.6 is 0 Å². The van der Waals surface area contributed by atoms with Crippen molar-refractivity contribution in [2.45, 2.75) is 36.8 Å². The Bertz CT molecular complexity index is 899. The number of nitrogens with zero attached hydrogens (tertiary/aromatic N) is 2. The topological polar surface area (TPSA) is 45.2 Å². The number of hydrogen-bond donors (Lipinski definition) is 1. The third kappa shape index (κ3) is 3.15. The third-order valence-electron chi connectivity index (χ3n) is 5.61. The summed E-state index contributed by atoms with van der Waals surface area (Å²) < 4.78 is 53.0. The van der Waals surface area contributed by atoms with Crippen molar-refractivity contribution in [3.8, 4) is 11.1 Å². The lowest BCUT2D eigenvalue weighted by Crippen LogP contribution is -2.47. The van der Waals surface area contributed by atoms with Gasteiger partial charge in [0.15, 0.2) is 0 Å². The zero-order chi connectivity index (χ0) is 20.1. The number of carbonyl (C=O) groups is 1. The molecule has 2 aromatic rings. The molecule has 28 heavy (non-hydrogen) atoms. The van der Waals surface area contributed by atoms with Crippen LogP contribution in [0.3, 0.4) is 0 Å². The highest BCUT2D eigenvalue weighted by atomic mass is 19.4. The highest BCUT2D eigenvalue weighted by Gasteiger charge is 2.54. The van der Waals surface area contributed by atoms with Gasteiger partial charge in [0.2, 0.25) is 5.91 Å². The van der Waals surface area contributed by atoms with E-state index in [4.69, 9.17) is 0 Å². The second kappa shape index (κ2) is 6.55. The maximum absolute atomic E-state index is 14.8. The van der Waals surface area contributed by atoms with Crippen molar-refractivity contribution in [3.05, 3.63) is 53.9 Å². The molecule has 0 saturated carbocycles. The number of amides is 1. The van der Waals surface area contributed by atoms with Crippen molar-refractivity contribution in [1.82, 2.24) is 15.2 Å². The van der Waals surface area contributed by atoms with E-state index < -0.39 is 29.5 Å². The van der Waals surface area contributed by atoms with Gasteiger partial charge in [0.05, 0.1) is 17.3 Å².